The first-order valence-electron chi connectivity index (χ1n) is 11.9. The van der Waals surface area contributed by atoms with Crippen molar-refractivity contribution in [3.8, 4) is 0 Å². The summed E-state index contributed by atoms with van der Waals surface area (Å²) in [6.07, 6.45) is 5.13. The average molecular weight is 459 g/mol. The summed E-state index contributed by atoms with van der Waals surface area (Å²) < 4.78 is 19.1. The molecule has 0 spiro atoms. The van der Waals surface area contributed by atoms with Crippen LogP contribution in [0.5, 0.6) is 0 Å². The molecule has 2 N–H and O–H groups in total. The van der Waals surface area contributed by atoms with Gasteiger partial charge in [0.05, 0.1) is 5.52 Å². The molecule has 180 valence electrons. The molecule has 0 bridgehead atoms. The molecule has 2 aliphatic rings. The van der Waals surface area contributed by atoms with Crippen LogP contribution in [0.1, 0.15) is 48.2 Å². The van der Waals surface area contributed by atoms with Crippen LogP contribution in [0.2, 0.25) is 0 Å². The number of benzene rings is 1. The molecule has 1 unspecified atom stereocenters. The molecule has 1 aromatic carbocycles. The number of rotatable bonds is 7. The molecule has 33 heavy (non-hydrogen) atoms. The number of amides is 2. The van der Waals surface area contributed by atoms with Gasteiger partial charge in [-0.25, -0.2) is 4.39 Å². The number of methoxy groups -OCH3 is 1. The van der Waals surface area contributed by atoms with Gasteiger partial charge in [0.25, 0.3) is 5.91 Å². The van der Waals surface area contributed by atoms with Crippen LogP contribution >= 0.6 is 0 Å². The fourth-order valence-electron chi connectivity index (χ4n) is 5.39. The van der Waals surface area contributed by atoms with Crippen LogP contribution < -0.4 is 5.32 Å². The van der Waals surface area contributed by atoms with Crippen molar-refractivity contribution in [1.82, 2.24) is 20.1 Å². The number of nitrogens with one attached hydrogen (secondary N) is 2. The SMILES string of the molecule is COCC(=O)N(C)C1CCN(C[C@H]2CCC[C@@H](NC(=O)c3cc4c(F)ccc(C)c4[nH]3)C2)C1. The van der Waals surface area contributed by atoms with Crippen molar-refractivity contribution in [1.29, 1.82) is 0 Å². The van der Waals surface area contributed by atoms with Gasteiger partial charge in [-0.2, -0.15) is 0 Å². The number of aromatic nitrogens is 1. The lowest BCUT2D eigenvalue weighted by atomic mass is 9.85. The molecular weight excluding hydrogens is 423 g/mol. The maximum absolute atomic E-state index is 14.1. The predicted octanol–water partition coefficient (Wildman–Crippen LogP) is 3.08. The Kier molecular flexibility index (Phi) is 7.34. The fourth-order valence-corrected chi connectivity index (χ4v) is 5.39. The van der Waals surface area contributed by atoms with E-state index in [1.54, 1.807) is 19.2 Å². The zero-order chi connectivity index (χ0) is 23.5. The van der Waals surface area contributed by atoms with E-state index in [0.717, 1.165) is 57.3 Å². The predicted molar refractivity (Wildman–Crippen MR) is 126 cm³/mol. The van der Waals surface area contributed by atoms with Gasteiger partial charge < -0.3 is 24.8 Å². The number of hydrogen-bond acceptors (Lipinski definition) is 4. The Morgan fingerprint density at radius 2 is 2.12 bits per heavy atom. The lowest BCUT2D eigenvalue weighted by Crippen LogP contribution is -2.43. The van der Waals surface area contributed by atoms with E-state index in [1.165, 1.54) is 6.07 Å². The van der Waals surface area contributed by atoms with Gasteiger partial charge in [0.2, 0.25) is 5.91 Å². The zero-order valence-electron chi connectivity index (χ0n) is 19.8. The molecule has 2 fully saturated rings. The number of aryl methyl sites for hydroxylation is 1. The minimum Gasteiger partial charge on any atom is -0.375 e. The minimum atomic E-state index is -0.317. The lowest BCUT2D eigenvalue weighted by molar-refractivity contribution is -0.135. The number of halogens is 1. The molecule has 4 rings (SSSR count). The number of ether oxygens (including phenoxy) is 1. The van der Waals surface area contributed by atoms with Crippen molar-refractivity contribution in [2.45, 2.75) is 51.1 Å². The van der Waals surface area contributed by atoms with E-state index in [2.05, 4.69) is 15.2 Å². The van der Waals surface area contributed by atoms with E-state index in [-0.39, 0.29) is 36.3 Å². The number of H-pyrrole nitrogens is 1. The summed E-state index contributed by atoms with van der Waals surface area (Å²) in [4.78, 5) is 32.3. The van der Waals surface area contributed by atoms with Crippen LogP contribution in [0.15, 0.2) is 18.2 Å². The van der Waals surface area contributed by atoms with E-state index in [4.69, 9.17) is 4.74 Å². The molecule has 1 saturated carbocycles. The van der Waals surface area contributed by atoms with Gasteiger partial charge >= 0.3 is 0 Å². The normalized spacial score (nSPS) is 23.7. The largest absolute Gasteiger partial charge is 0.375 e. The van der Waals surface area contributed by atoms with Crippen molar-refractivity contribution in [2.75, 3.05) is 40.4 Å². The van der Waals surface area contributed by atoms with Crippen LogP contribution in [0.25, 0.3) is 10.9 Å². The van der Waals surface area contributed by atoms with Crippen LogP contribution in [-0.2, 0) is 9.53 Å². The van der Waals surface area contributed by atoms with Gasteiger partial charge in [0, 0.05) is 51.3 Å². The Labute approximate surface area is 194 Å². The molecule has 1 saturated heterocycles. The molecule has 2 aromatic rings. The Morgan fingerprint density at radius 3 is 2.88 bits per heavy atom. The number of likely N-dealkylation sites (tertiary alicyclic amines) is 1. The van der Waals surface area contributed by atoms with Crippen molar-refractivity contribution >= 4 is 22.7 Å². The number of likely N-dealkylation sites (N-methyl/N-ethyl adjacent to an activating group) is 1. The monoisotopic (exact) mass is 458 g/mol. The van der Waals surface area contributed by atoms with Crippen molar-refractivity contribution in [3.63, 3.8) is 0 Å². The second-order valence-electron chi connectivity index (χ2n) is 9.68. The maximum atomic E-state index is 14.1. The highest BCUT2D eigenvalue weighted by atomic mass is 19.1. The topological polar surface area (TPSA) is 77.7 Å². The lowest BCUT2D eigenvalue weighted by Gasteiger charge is -2.32. The molecule has 7 nitrogen and oxygen atoms in total. The third-order valence-corrected chi connectivity index (χ3v) is 7.28. The zero-order valence-corrected chi connectivity index (χ0v) is 19.8. The van der Waals surface area contributed by atoms with Gasteiger partial charge in [-0.15, -0.1) is 0 Å². The molecule has 1 aliphatic heterocycles. The number of nitrogens with zero attached hydrogens (tertiary/aromatic N) is 2. The van der Waals surface area contributed by atoms with Crippen LogP contribution in [0.4, 0.5) is 4.39 Å². The summed E-state index contributed by atoms with van der Waals surface area (Å²) in [5.74, 6) is 0.0549. The first kappa shape index (κ1) is 23.7. The van der Waals surface area contributed by atoms with Gasteiger partial charge in [-0.1, -0.05) is 12.5 Å². The summed E-state index contributed by atoms with van der Waals surface area (Å²) in [7, 11) is 3.40. The summed E-state index contributed by atoms with van der Waals surface area (Å²) in [6.45, 7) is 4.90. The van der Waals surface area contributed by atoms with Crippen LogP contribution in [-0.4, -0.2) is 79.1 Å². The standard InChI is InChI=1S/C25H35FN4O3/c1-16-7-8-21(26)20-12-22(28-24(16)20)25(32)27-18-6-4-5-17(11-18)13-30-10-9-19(14-30)29(2)23(31)15-33-3/h7-8,12,17-19,28H,4-6,9-11,13-15H2,1-3H3,(H,27,32)/t17-,18+,19?/m0/s1. The summed E-state index contributed by atoms with van der Waals surface area (Å²) in [6, 6.07) is 5.12. The number of fused-ring (bicyclic) bond motifs is 1. The molecule has 1 aliphatic carbocycles. The second-order valence-corrected chi connectivity index (χ2v) is 9.68. The summed E-state index contributed by atoms with van der Waals surface area (Å²) in [5.41, 5.74) is 2.01. The third kappa shape index (κ3) is 5.38. The summed E-state index contributed by atoms with van der Waals surface area (Å²) in [5, 5.41) is 3.63. The Morgan fingerprint density at radius 1 is 1.30 bits per heavy atom. The number of aromatic amines is 1. The maximum Gasteiger partial charge on any atom is 0.267 e. The Bertz CT molecular complexity index is 968. The van der Waals surface area contributed by atoms with E-state index < -0.39 is 0 Å². The van der Waals surface area contributed by atoms with Gasteiger partial charge in [-0.05, 0) is 56.2 Å². The number of carbonyl (C=O) groups is 2. The van der Waals surface area contributed by atoms with E-state index in [9.17, 15) is 14.0 Å². The van der Waals surface area contributed by atoms with Crippen molar-refractivity contribution < 1.29 is 18.7 Å². The fraction of sp³-hybridized carbons (Fsp3) is 0.600. The number of hydrogen-bond donors (Lipinski definition) is 2. The van der Waals surface area contributed by atoms with E-state index in [0.29, 0.717) is 22.5 Å². The van der Waals surface area contributed by atoms with Crippen LogP contribution in [0, 0.1) is 18.7 Å². The molecule has 1 aromatic heterocycles. The Balaban J connectivity index is 1.30. The Hall–Kier alpha value is -2.45. The molecular formula is C25H35FN4O3. The minimum absolute atomic E-state index is 0.0249. The first-order chi connectivity index (χ1) is 15.9. The highest BCUT2D eigenvalue weighted by molar-refractivity contribution is 5.99. The smallest absolute Gasteiger partial charge is 0.267 e. The highest BCUT2D eigenvalue weighted by Gasteiger charge is 2.31. The third-order valence-electron chi connectivity index (χ3n) is 7.28. The average Bonchev–Trinajstić information content (AvgIpc) is 3.45. The summed E-state index contributed by atoms with van der Waals surface area (Å²) >= 11 is 0. The molecule has 2 amide bonds. The first-order valence-corrected chi connectivity index (χ1v) is 11.9. The second kappa shape index (κ2) is 10.2. The van der Waals surface area contributed by atoms with Crippen molar-refractivity contribution in [2.24, 2.45) is 5.92 Å². The molecule has 0 radical (unpaired) electrons. The number of carbonyl (C=O) groups excluding carboxylic acids is 2. The van der Waals surface area contributed by atoms with E-state index >= 15 is 0 Å². The molecule has 3 atom stereocenters. The van der Waals surface area contributed by atoms with Gasteiger partial charge in [-0.3, -0.25) is 9.59 Å². The van der Waals surface area contributed by atoms with Crippen molar-refractivity contribution in [3.05, 3.63) is 35.3 Å². The van der Waals surface area contributed by atoms with E-state index in [1.807, 2.05) is 18.9 Å². The van der Waals surface area contributed by atoms with Crippen LogP contribution in [0.3, 0.4) is 0 Å². The quantitative estimate of drug-likeness (QED) is 0.669. The molecule has 8 heteroatoms. The molecule has 2 heterocycles. The van der Waals surface area contributed by atoms with Gasteiger partial charge in [0.1, 0.15) is 18.1 Å². The highest BCUT2D eigenvalue weighted by Crippen LogP contribution is 2.28. The van der Waals surface area contributed by atoms with Gasteiger partial charge in [0.15, 0.2) is 0 Å².